The molecule has 0 aliphatic carbocycles. The summed E-state index contributed by atoms with van der Waals surface area (Å²) in [5.41, 5.74) is 1.95. The molecule has 26 heavy (non-hydrogen) atoms. The number of hydrogen-bond donors (Lipinski definition) is 2. The molecule has 7 heteroatoms. The fourth-order valence-electron chi connectivity index (χ4n) is 3.01. The van der Waals surface area contributed by atoms with Crippen molar-refractivity contribution in [1.82, 2.24) is 10.3 Å². The third-order valence-electron chi connectivity index (χ3n) is 4.40. The van der Waals surface area contributed by atoms with Crippen molar-refractivity contribution in [3.63, 3.8) is 0 Å². The van der Waals surface area contributed by atoms with E-state index < -0.39 is 29.7 Å². The smallest absolute Gasteiger partial charge is 0.339 e. The largest absolute Gasteiger partial charge is 0.465 e. The van der Waals surface area contributed by atoms with Crippen molar-refractivity contribution in [3.05, 3.63) is 57.9 Å². The van der Waals surface area contributed by atoms with Crippen LogP contribution in [0.3, 0.4) is 0 Å². The molecular weight excluding hydrogens is 342 g/mol. The third-order valence-corrected chi connectivity index (χ3v) is 4.40. The van der Waals surface area contributed by atoms with Crippen molar-refractivity contribution in [2.45, 2.75) is 39.8 Å². The summed E-state index contributed by atoms with van der Waals surface area (Å²) in [6.45, 7) is 6.68. The van der Waals surface area contributed by atoms with Crippen LogP contribution >= 0.6 is 0 Å². The minimum Gasteiger partial charge on any atom is -0.465 e. The maximum Gasteiger partial charge on any atom is 0.339 e. The van der Waals surface area contributed by atoms with Gasteiger partial charge in [0.25, 0.3) is 0 Å². The lowest BCUT2D eigenvalue weighted by atomic mass is 10.0. The highest BCUT2D eigenvalue weighted by atomic mass is 19.1. The number of esters is 1. The van der Waals surface area contributed by atoms with E-state index in [0.717, 1.165) is 6.07 Å². The molecule has 0 saturated carbocycles. The van der Waals surface area contributed by atoms with Gasteiger partial charge in [-0.2, -0.15) is 0 Å². The first kappa shape index (κ1) is 19.8. The number of ether oxygens (including phenoxy) is 1. The molecule has 2 aromatic rings. The quantitative estimate of drug-likeness (QED) is 0.607. The van der Waals surface area contributed by atoms with E-state index in [1.54, 1.807) is 27.7 Å². The van der Waals surface area contributed by atoms with Crippen molar-refractivity contribution < 1.29 is 23.1 Å². The fourth-order valence-corrected chi connectivity index (χ4v) is 3.01. The van der Waals surface area contributed by atoms with Crippen LogP contribution in [-0.4, -0.2) is 29.9 Å². The van der Waals surface area contributed by atoms with Gasteiger partial charge in [0.05, 0.1) is 24.4 Å². The average Bonchev–Trinajstić information content (AvgIpc) is 2.87. The summed E-state index contributed by atoms with van der Waals surface area (Å²) in [5, 5.41) is 3.01. The highest BCUT2D eigenvalue weighted by Gasteiger charge is 2.26. The Morgan fingerprint density at radius 3 is 2.42 bits per heavy atom. The molecule has 0 radical (unpaired) electrons. The first-order valence-corrected chi connectivity index (χ1v) is 8.20. The molecule has 0 unspecified atom stereocenters. The zero-order valence-electron chi connectivity index (χ0n) is 15.4. The van der Waals surface area contributed by atoms with E-state index in [0.29, 0.717) is 22.5 Å². The van der Waals surface area contributed by atoms with E-state index in [2.05, 4.69) is 10.3 Å². The van der Waals surface area contributed by atoms with Gasteiger partial charge >= 0.3 is 5.97 Å². The fraction of sp³-hybridized carbons (Fsp3) is 0.368. The Hall–Kier alpha value is -2.54. The number of ketones is 1. The average molecular weight is 364 g/mol. The zero-order chi connectivity index (χ0) is 19.6. The van der Waals surface area contributed by atoms with Crippen molar-refractivity contribution in [2.75, 3.05) is 7.11 Å². The maximum absolute atomic E-state index is 13.9. The first-order chi connectivity index (χ1) is 12.2. The molecule has 2 N–H and O–H groups in total. The van der Waals surface area contributed by atoms with E-state index in [-0.39, 0.29) is 11.3 Å². The SMILES string of the molecule is COC(=O)c1c(C)[nH]c(C(=O)[C@@H](C)N[C@H](C)c2ccc(F)cc2F)c1C. The molecule has 0 aliphatic heterocycles. The summed E-state index contributed by atoms with van der Waals surface area (Å²) in [7, 11) is 1.28. The molecule has 1 heterocycles. The van der Waals surface area contributed by atoms with Crippen LogP contribution in [0.15, 0.2) is 18.2 Å². The van der Waals surface area contributed by atoms with E-state index in [1.807, 2.05) is 0 Å². The summed E-state index contributed by atoms with van der Waals surface area (Å²) in [6.07, 6.45) is 0. The summed E-state index contributed by atoms with van der Waals surface area (Å²) >= 11 is 0. The Kier molecular flexibility index (Phi) is 5.92. The normalized spacial score (nSPS) is 13.3. The molecule has 0 amide bonds. The van der Waals surface area contributed by atoms with Crippen LogP contribution in [0.1, 0.15) is 57.6 Å². The minimum absolute atomic E-state index is 0.265. The number of carbonyl (C=O) groups excluding carboxylic acids is 2. The lowest BCUT2D eigenvalue weighted by Crippen LogP contribution is -2.36. The molecule has 0 spiro atoms. The number of aromatic amines is 1. The monoisotopic (exact) mass is 364 g/mol. The van der Waals surface area contributed by atoms with Gasteiger partial charge in [-0.05, 0) is 39.3 Å². The number of hydrogen-bond acceptors (Lipinski definition) is 4. The number of carbonyl (C=O) groups is 2. The topological polar surface area (TPSA) is 71.2 Å². The van der Waals surface area contributed by atoms with E-state index >= 15 is 0 Å². The van der Waals surface area contributed by atoms with Gasteiger partial charge in [-0.15, -0.1) is 0 Å². The Balaban J connectivity index is 2.21. The highest BCUT2D eigenvalue weighted by molar-refractivity contribution is 6.03. The van der Waals surface area contributed by atoms with Crippen molar-refractivity contribution in [2.24, 2.45) is 0 Å². The maximum atomic E-state index is 13.9. The predicted octanol–water partition coefficient (Wildman–Crippen LogP) is 3.62. The molecule has 0 bridgehead atoms. The van der Waals surface area contributed by atoms with Gasteiger partial charge in [-0.25, -0.2) is 13.6 Å². The molecule has 5 nitrogen and oxygen atoms in total. The summed E-state index contributed by atoms with van der Waals surface area (Å²) in [4.78, 5) is 27.5. The standard InChI is InChI=1S/C19H22F2N2O3/c1-9-16(19(25)26-5)11(3)23-17(9)18(24)12(4)22-10(2)14-7-6-13(20)8-15(14)21/h6-8,10,12,22-23H,1-5H3/t10-,12-/m1/s1. The number of Topliss-reactive ketones (excluding diaryl/α,β-unsaturated/α-hetero) is 1. The number of aryl methyl sites for hydroxylation is 1. The van der Waals surface area contributed by atoms with Crippen LogP contribution in [0.5, 0.6) is 0 Å². The van der Waals surface area contributed by atoms with Gasteiger partial charge in [0.1, 0.15) is 11.6 Å². The van der Waals surface area contributed by atoms with Gasteiger partial charge < -0.3 is 15.0 Å². The van der Waals surface area contributed by atoms with Crippen LogP contribution < -0.4 is 5.32 Å². The number of benzene rings is 1. The molecule has 140 valence electrons. The summed E-state index contributed by atoms with van der Waals surface area (Å²) in [6, 6.07) is 2.16. The van der Waals surface area contributed by atoms with E-state index in [9.17, 15) is 18.4 Å². The second-order valence-electron chi connectivity index (χ2n) is 6.26. The van der Waals surface area contributed by atoms with Crippen LogP contribution in [-0.2, 0) is 4.74 Å². The van der Waals surface area contributed by atoms with Crippen molar-refractivity contribution in [1.29, 1.82) is 0 Å². The second-order valence-corrected chi connectivity index (χ2v) is 6.26. The lowest BCUT2D eigenvalue weighted by Gasteiger charge is -2.20. The Morgan fingerprint density at radius 2 is 1.85 bits per heavy atom. The minimum atomic E-state index is -0.676. The Bertz CT molecular complexity index is 846. The number of H-pyrrole nitrogens is 1. The van der Waals surface area contributed by atoms with Crippen LogP contribution in [0.2, 0.25) is 0 Å². The number of rotatable bonds is 6. The predicted molar refractivity (Wildman–Crippen MR) is 93.3 cm³/mol. The molecule has 1 aromatic heterocycles. The van der Waals surface area contributed by atoms with Crippen LogP contribution in [0.4, 0.5) is 8.78 Å². The number of aromatic nitrogens is 1. The van der Waals surface area contributed by atoms with E-state index in [1.165, 1.54) is 19.2 Å². The number of halogens is 2. The van der Waals surface area contributed by atoms with Gasteiger partial charge in [0.15, 0.2) is 5.78 Å². The van der Waals surface area contributed by atoms with Crippen LogP contribution in [0, 0.1) is 25.5 Å². The highest BCUT2D eigenvalue weighted by Crippen LogP contribution is 2.22. The van der Waals surface area contributed by atoms with Crippen LogP contribution in [0.25, 0.3) is 0 Å². The molecule has 0 fully saturated rings. The first-order valence-electron chi connectivity index (χ1n) is 8.20. The number of methoxy groups -OCH3 is 1. The van der Waals surface area contributed by atoms with Crippen molar-refractivity contribution >= 4 is 11.8 Å². The van der Waals surface area contributed by atoms with Crippen molar-refractivity contribution in [3.8, 4) is 0 Å². The molecule has 0 aliphatic rings. The van der Waals surface area contributed by atoms with Gasteiger partial charge in [0, 0.05) is 23.4 Å². The summed E-state index contributed by atoms with van der Waals surface area (Å²) < 4.78 is 31.7. The molecule has 0 saturated heterocycles. The van der Waals surface area contributed by atoms with Gasteiger partial charge in [0.2, 0.25) is 0 Å². The lowest BCUT2D eigenvalue weighted by molar-refractivity contribution is 0.0599. The molecular formula is C19H22F2N2O3. The summed E-state index contributed by atoms with van der Waals surface area (Å²) in [5.74, 6) is -2.12. The molecule has 2 atom stereocenters. The van der Waals surface area contributed by atoms with E-state index in [4.69, 9.17) is 4.74 Å². The Morgan fingerprint density at radius 1 is 1.19 bits per heavy atom. The van der Waals surface area contributed by atoms with Gasteiger partial charge in [-0.3, -0.25) is 4.79 Å². The second kappa shape index (κ2) is 7.78. The zero-order valence-corrected chi connectivity index (χ0v) is 15.4. The third kappa shape index (κ3) is 3.83. The van der Waals surface area contributed by atoms with Gasteiger partial charge in [-0.1, -0.05) is 6.07 Å². The Labute approximate surface area is 150 Å². The molecule has 2 rings (SSSR count). The number of nitrogens with one attached hydrogen (secondary N) is 2. The molecule has 1 aromatic carbocycles.